The number of nitrogens with zero attached hydrogens (tertiary/aromatic N) is 1. The molecule has 2 aromatic carbocycles. The quantitative estimate of drug-likeness (QED) is 0.574. The van der Waals surface area contributed by atoms with E-state index >= 15 is 0 Å². The van der Waals surface area contributed by atoms with Crippen LogP contribution in [0.4, 0.5) is 0 Å². The van der Waals surface area contributed by atoms with Crippen molar-refractivity contribution in [2.45, 2.75) is 0 Å². The number of benzene rings is 2. The van der Waals surface area contributed by atoms with Crippen molar-refractivity contribution >= 4 is 30.4 Å². The Bertz CT molecular complexity index is 885. The van der Waals surface area contributed by atoms with Crippen LogP contribution < -0.4 is 14.2 Å². The van der Waals surface area contributed by atoms with E-state index in [1.165, 1.54) is 0 Å². The minimum absolute atomic E-state index is 0.103. The Balaban J connectivity index is 2.15. The molecule has 0 radical (unpaired) electrons. The molecule has 5 nitrogen and oxygen atoms in total. The number of halogens is 1. The normalized spacial score (nSPS) is 10.6. The van der Waals surface area contributed by atoms with Crippen molar-refractivity contribution in [2.24, 2.45) is 0 Å². The van der Waals surface area contributed by atoms with Gasteiger partial charge in [-0.2, -0.15) is 0 Å². The van der Waals surface area contributed by atoms with Crippen LogP contribution in [0.25, 0.3) is 21.3 Å². The van der Waals surface area contributed by atoms with Gasteiger partial charge in [-0.15, -0.1) is 0 Å². The number of hydrogen-bond acceptors (Lipinski definition) is 5. The summed E-state index contributed by atoms with van der Waals surface area (Å²) in [6.07, 6.45) is 0. The molecule has 1 heterocycles. The number of aromatic hydroxyl groups is 1. The summed E-state index contributed by atoms with van der Waals surface area (Å²) in [5.74, 6) is 1.94. The van der Waals surface area contributed by atoms with Crippen LogP contribution in [0, 0.1) is 0 Å². The van der Waals surface area contributed by atoms with Crippen molar-refractivity contribution in [3.05, 3.63) is 39.9 Å². The van der Waals surface area contributed by atoms with Crippen LogP contribution in [0.2, 0.25) is 0 Å². The van der Waals surface area contributed by atoms with Crippen molar-refractivity contribution in [1.29, 1.82) is 0 Å². The number of phenolic OH excluding ortho intramolecular Hbond substituents is 1. The van der Waals surface area contributed by atoms with Crippen molar-refractivity contribution in [1.82, 2.24) is 4.98 Å². The third-order valence-electron chi connectivity index (χ3n) is 3.72. The maximum atomic E-state index is 9.73. The molecule has 3 rings (SSSR count). The Morgan fingerprint density at radius 3 is 2.20 bits per heavy atom. The predicted molar refractivity (Wildman–Crippen MR) is 101 cm³/mol. The molecular formula is C18H16BrNO4Se. The van der Waals surface area contributed by atoms with E-state index in [9.17, 15) is 5.11 Å². The summed E-state index contributed by atoms with van der Waals surface area (Å²) in [5, 5.41) is 11.7. The number of methoxy groups -OCH3 is 3. The topological polar surface area (TPSA) is 60.8 Å². The monoisotopic (exact) mass is 469 g/mol. The molecule has 0 aliphatic heterocycles. The fourth-order valence-corrected chi connectivity index (χ4v) is 4.60. The van der Waals surface area contributed by atoms with Crippen LogP contribution in [0.3, 0.4) is 0 Å². The summed E-state index contributed by atoms with van der Waals surface area (Å²) in [5.41, 5.74) is 2.78. The van der Waals surface area contributed by atoms with E-state index in [0.717, 1.165) is 21.3 Å². The molecular weight excluding hydrogens is 453 g/mol. The molecule has 130 valence electrons. The molecule has 0 aliphatic rings. The minimum atomic E-state index is 0.103. The van der Waals surface area contributed by atoms with Crippen LogP contribution in [-0.2, 0) is 0 Å². The molecule has 1 aromatic heterocycles. The summed E-state index contributed by atoms with van der Waals surface area (Å²) in [6, 6.07) is 9.26. The molecule has 0 amide bonds. The third kappa shape index (κ3) is 3.40. The summed E-state index contributed by atoms with van der Waals surface area (Å²) in [6.45, 7) is 0. The zero-order chi connectivity index (χ0) is 18.0. The first kappa shape index (κ1) is 17.9. The maximum absolute atomic E-state index is 9.73. The fourth-order valence-electron chi connectivity index (χ4n) is 2.52. The zero-order valence-electron chi connectivity index (χ0n) is 13.9. The molecule has 0 fully saturated rings. The third-order valence-corrected chi connectivity index (χ3v) is 6.19. The molecule has 0 spiro atoms. The Morgan fingerprint density at radius 2 is 1.64 bits per heavy atom. The van der Waals surface area contributed by atoms with E-state index in [-0.39, 0.29) is 20.3 Å². The predicted octanol–water partition coefficient (Wildman–Crippen LogP) is 3.97. The standard InChI is InChI=1S/C18H16BrNO4Se/c1-22-14-7-11(8-15(23-2)17(14)24-3)16-18(25-9-20-16)10-4-5-13(21)12(19)6-10/h4-9,21H,1-3H3. The molecule has 0 bridgehead atoms. The average molecular weight is 469 g/mol. The van der Waals surface area contributed by atoms with Gasteiger partial charge in [-0.3, -0.25) is 0 Å². The van der Waals surface area contributed by atoms with Gasteiger partial charge in [0.1, 0.15) is 0 Å². The molecule has 3 aromatic rings. The molecule has 0 saturated heterocycles. The van der Waals surface area contributed by atoms with E-state index in [0.29, 0.717) is 21.7 Å². The average Bonchev–Trinajstić information content (AvgIpc) is 3.12. The van der Waals surface area contributed by atoms with Crippen molar-refractivity contribution < 1.29 is 19.3 Å². The Morgan fingerprint density at radius 1 is 0.960 bits per heavy atom. The SMILES string of the molecule is COc1cc(-c2nc[se]c2-c2ccc(O)c(Br)c2)cc(OC)c1OC. The molecule has 7 heteroatoms. The van der Waals surface area contributed by atoms with E-state index < -0.39 is 0 Å². The Hall–Kier alpha value is -1.95. The number of rotatable bonds is 5. The number of phenols is 1. The number of hydrogen-bond donors (Lipinski definition) is 1. The zero-order valence-corrected chi connectivity index (χ0v) is 17.2. The van der Waals surface area contributed by atoms with Gasteiger partial charge in [-0.05, 0) is 0 Å². The van der Waals surface area contributed by atoms with Gasteiger partial charge in [0.25, 0.3) is 0 Å². The van der Waals surface area contributed by atoms with Crippen LogP contribution in [-0.4, -0.2) is 45.9 Å². The summed E-state index contributed by atoms with van der Waals surface area (Å²) in [4.78, 5) is 4.57. The summed E-state index contributed by atoms with van der Waals surface area (Å²) < 4.78 is 18.0. The van der Waals surface area contributed by atoms with Gasteiger partial charge >= 0.3 is 160 Å². The molecule has 0 unspecified atom stereocenters. The molecule has 0 aliphatic carbocycles. The van der Waals surface area contributed by atoms with Crippen LogP contribution in [0.5, 0.6) is 23.0 Å². The van der Waals surface area contributed by atoms with Crippen molar-refractivity contribution in [3.8, 4) is 44.3 Å². The first-order valence-corrected chi connectivity index (χ1v) is 9.95. The molecule has 25 heavy (non-hydrogen) atoms. The number of ether oxygens (including phenoxy) is 3. The second kappa shape index (κ2) is 7.52. The first-order valence-electron chi connectivity index (χ1n) is 7.31. The van der Waals surface area contributed by atoms with Crippen LogP contribution >= 0.6 is 15.9 Å². The van der Waals surface area contributed by atoms with E-state index in [2.05, 4.69) is 20.9 Å². The van der Waals surface area contributed by atoms with Crippen LogP contribution in [0.1, 0.15) is 0 Å². The Kier molecular flexibility index (Phi) is 5.37. The molecule has 0 saturated carbocycles. The van der Waals surface area contributed by atoms with Gasteiger partial charge in [0.15, 0.2) is 0 Å². The van der Waals surface area contributed by atoms with Crippen molar-refractivity contribution in [2.75, 3.05) is 21.3 Å². The summed E-state index contributed by atoms with van der Waals surface area (Å²) in [7, 11) is 4.76. The van der Waals surface area contributed by atoms with Gasteiger partial charge in [0, 0.05) is 0 Å². The van der Waals surface area contributed by atoms with Crippen molar-refractivity contribution in [3.63, 3.8) is 0 Å². The molecule has 0 atom stereocenters. The first-order chi connectivity index (χ1) is 12.1. The van der Waals surface area contributed by atoms with Gasteiger partial charge in [-0.1, -0.05) is 0 Å². The summed E-state index contributed by atoms with van der Waals surface area (Å²) >= 11 is 3.47. The second-order valence-corrected chi connectivity index (χ2v) is 7.76. The van der Waals surface area contributed by atoms with Gasteiger partial charge in [0.2, 0.25) is 0 Å². The fraction of sp³-hybridized carbons (Fsp3) is 0.167. The van der Waals surface area contributed by atoms with Gasteiger partial charge in [0.05, 0.1) is 0 Å². The number of aromatic nitrogens is 1. The Labute approximate surface area is 160 Å². The van der Waals surface area contributed by atoms with E-state index in [1.54, 1.807) is 27.4 Å². The van der Waals surface area contributed by atoms with Gasteiger partial charge < -0.3 is 0 Å². The van der Waals surface area contributed by atoms with E-state index in [4.69, 9.17) is 14.2 Å². The van der Waals surface area contributed by atoms with E-state index in [1.807, 2.05) is 29.3 Å². The molecule has 1 N–H and O–H groups in total. The van der Waals surface area contributed by atoms with Gasteiger partial charge in [-0.25, -0.2) is 0 Å². The van der Waals surface area contributed by atoms with Crippen LogP contribution in [0.15, 0.2) is 39.9 Å². The second-order valence-electron chi connectivity index (χ2n) is 5.11.